The van der Waals surface area contributed by atoms with Crippen LogP contribution in [0.3, 0.4) is 0 Å². The number of carbonyl (C=O) groups excluding carboxylic acids is 1. The first-order chi connectivity index (χ1) is 9.76. The monoisotopic (exact) mass is 266 g/mol. The Labute approximate surface area is 119 Å². The van der Waals surface area contributed by atoms with Crippen LogP contribution >= 0.6 is 0 Å². The molecule has 0 heterocycles. The molecule has 2 N–H and O–H groups in total. The van der Waals surface area contributed by atoms with Crippen molar-refractivity contribution < 1.29 is 4.79 Å². The van der Waals surface area contributed by atoms with E-state index in [1.807, 2.05) is 24.3 Å². The molecule has 20 heavy (non-hydrogen) atoms. The third kappa shape index (κ3) is 2.52. The molecule has 3 heteroatoms. The molecule has 2 aromatic carbocycles. The molecule has 1 aliphatic rings. The summed E-state index contributed by atoms with van der Waals surface area (Å²) in [6.45, 7) is 0. The fourth-order valence-electron chi connectivity index (χ4n) is 2.79. The van der Waals surface area contributed by atoms with Gasteiger partial charge in [0.25, 0.3) is 5.91 Å². The summed E-state index contributed by atoms with van der Waals surface area (Å²) < 4.78 is 0. The normalized spacial score (nSPS) is 13.8. The number of rotatable bonds is 3. The zero-order valence-corrected chi connectivity index (χ0v) is 11.5. The first-order valence-corrected chi connectivity index (χ1v) is 6.92. The van der Waals surface area contributed by atoms with Crippen molar-refractivity contribution in [1.82, 2.24) is 5.32 Å². The predicted molar refractivity (Wildman–Crippen MR) is 81.1 cm³/mol. The number of fused-ring (bicyclic) bond motifs is 1. The Kier molecular flexibility index (Phi) is 3.42. The Morgan fingerprint density at radius 2 is 1.75 bits per heavy atom. The van der Waals surface area contributed by atoms with Gasteiger partial charge in [0.05, 0.1) is 0 Å². The molecule has 102 valence electrons. The van der Waals surface area contributed by atoms with Crippen LogP contribution in [0.15, 0.2) is 48.5 Å². The van der Waals surface area contributed by atoms with E-state index in [4.69, 9.17) is 0 Å². The molecule has 0 atom stereocenters. The van der Waals surface area contributed by atoms with Crippen LogP contribution in [0.25, 0.3) is 0 Å². The third-order valence-electron chi connectivity index (χ3n) is 3.77. The second-order valence-corrected chi connectivity index (χ2v) is 5.18. The van der Waals surface area contributed by atoms with Gasteiger partial charge in [-0.3, -0.25) is 4.79 Å². The lowest BCUT2D eigenvalue weighted by Crippen LogP contribution is -2.21. The van der Waals surface area contributed by atoms with Crippen LogP contribution in [0.2, 0.25) is 0 Å². The molecule has 3 rings (SSSR count). The molecule has 0 aliphatic heterocycles. The van der Waals surface area contributed by atoms with Crippen molar-refractivity contribution in [3.8, 4) is 0 Å². The maximum absolute atomic E-state index is 11.6. The van der Waals surface area contributed by atoms with Crippen molar-refractivity contribution in [3.63, 3.8) is 0 Å². The van der Waals surface area contributed by atoms with Gasteiger partial charge >= 0.3 is 0 Å². The molecule has 0 saturated carbocycles. The predicted octanol–water partition coefficient (Wildman–Crippen LogP) is 2.63. The van der Waals surface area contributed by atoms with Crippen molar-refractivity contribution in [2.45, 2.75) is 18.9 Å². The molecule has 0 saturated heterocycles. The van der Waals surface area contributed by atoms with E-state index in [0.29, 0.717) is 11.6 Å². The maximum atomic E-state index is 11.6. The van der Waals surface area contributed by atoms with Gasteiger partial charge in [0.15, 0.2) is 0 Å². The van der Waals surface area contributed by atoms with E-state index in [9.17, 15) is 4.79 Å². The SMILES string of the molecule is CNC(=O)c1cccc(NC2Cc3ccccc3C2)c1. The Bertz CT molecular complexity index is 611. The molecule has 0 spiro atoms. The lowest BCUT2D eigenvalue weighted by Gasteiger charge is -2.14. The van der Waals surface area contributed by atoms with Gasteiger partial charge in [-0.25, -0.2) is 0 Å². The average molecular weight is 266 g/mol. The Morgan fingerprint density at radius 3 is 2.40 bits per heavy atom. The molecule has 0 fully saturated rings. The first kappa shape index (κ1) is 12.7. The Balaban J connectivity index is 1.72. The van der Waals surface area contributed by atoms with Gasteiger partial charge in [-0.15, -0.1) is 0 Å². The fraction of sp³-hybridized carbons (Fsp3) is 0.235. The Morgan fingerprint density at radius 1 is 1.05 bits per heavy atom. The lowest BCUT2D eigenvalue weighted by molar-refractivity contribution is 0.0963. The summed E-state index contributed by atoms with van der Waals surface area (Å²) in [6.07, 6.45) is 2.08. The lowest BCUT2D eigenvalue weighted by atomic mass is 10.1. The number of hydrogen-bond donors (Lipinski definition) is 2. The van der Waals surface area contributed by atoms with Crippen LogP contribution in [-0.4, -0.2) is 19.0 Å². The molecule has 2 aromatic rings. The summed E-state index contributed by atoms with van der Waals surface area (Å²) in [7, 11) is 1.65. The van der Waals surface area contributed by atoms with Crippen LogP contribution in [-0.2, 0) is 12.8 Å². The van der Waals surface area contributed by atoms with Gasteiger partial charge in [-0.05, 0) is 42.2 Å². The summed E-state index contributed by atoms with van der Waals surface area (Å²) in [6, 6.07) is 16.6. The van der Waals surface area contributed by atoms with Gasteiger partial charge in [0.2, 0.25) is 0 Å². The zero-order chi connectivity index (χ0) is 13.9. The van der Waals surface area contributed by atoms with Crippen molar-refractivity contribution >= 4 is 11.6 Å². The van der Waals surface area contributed by atoms with E-state index in [2.05, 4.69) is 34.9 Å². The summed E-state index contributed by atoms with van der Waals surface area (Å²) in [5, 5.41) is 6.18. The van der Waals surface area contributed by atoms with Gasteiger partial charge in [-0.1, -0.05) is 30.3 Å². The number of carbonyl (C=O) groups is 1. The number of anilines is 1. The van der Waals surface area contributed by atoms with Gasteiger partial charge < -0.3 is 10.6 Å². The highest BCUT2D eigenvalue weighted by atomic mass is 16.1. The fourth-order valence-corrected chi connectivity index (χ4v) is 2.79. The molecule has 0 bridgehead atoms. The summed E-state index contributed by atoms with van der Waals surface area (Å²) in [5.41, 5.74) is 4.54. The first-order valence-electron chi connectivity index (χ1n) is 6.92. The summed E-state index contributed by atoms with van der Waals surface area (Å²) in [5.74, 6) is -0.0524. The maximum Gasteiger partial charge on any atom is 0.251 e. The number of hydrogen-bond acceptors (Lipinski definition) is 2. The third-order valence-corrected chi connectivity index (χ3v) is 3.77. The second-order valence-electron chi connectivity index (χ2n) is 5.18. The molecule has 1 aliphatic carbocycles. The van der Waals surface area contributed by atoms with E-state index in [0.717, 1.165) is 18.5 Å². The summed E-state index contributed by atoms with van der Waals surface area (Å²) in [4.78, 5) is 11.6. The summed E-state index contributed by atoms with van der Waals surface area (Å²) >= 11 is 0. The molecule has 3 nitrogen and oxygen atoms in total. The van der Waals surface area contributed by atoms with Gasteiger partial charge in [0, 0.05) is 24.3 Å². The van der Waals surface area contributed by atoms with E-state index in [1.165, 1.54) is 11.1 Å². The standard InChI is InChI=1S/C17H18N2O/c1-18-17(20)14-7-4-8-15(11-14)19-16-9-12-5-2-3-6-13(12)10-16/h2-8,11,16,19H,9-10H2,1H3,(H,18,20). The van der Waals surface area contributed by atoms with Crippen LogP contribution in [0, 0.1) is 0 Å². The minimum absolute atomic E-state index is 0.0524. The Hall–Kier alpha value is -2.29. The second kappa shape index (κ2) is 5.37. The highest BCUT2D eigenvalue weighted by molar-refractivity contribution is 5.94. The van der Waals surface area contributed by atoms with E-state index in [-0.39, 0.29) is 5.91 Å². The topological polar surface area (TPSA) is 41.1 Å². The van der Waals surface area contributed by atoms with Crippen LogP contribution in [0.4, 0.5) is 5.69 Å². The van der Waals surface area contributed by atoms with Gasteiger partial charge in [-0.2, -0.15) is 0 Å². The van der Waals surface area contributed by atoms with Crippen LogP contribution in [0.1, 0.15) is 21.5 Å². The molecular formula is C17H18N2O. The molecule has 0 unspecified atom stereocenters. The number of benzene rings is 2. The quantitative estimate of drug-likeness (QED) is 0.896. The highest BCUT2D eigenvalue weighted by Gasteiger charge is 2.20. The highest BCUT2D eigenvalue weighted by Crippen LogP contribution is 2.24. The minimum atomic E-state index is -0.0524. The van der Waals surface area contributed by atoms with Gasteiger partial charge in [0.1, 0.15) is 0 Å². The molecule has 1 amide bonds. The van der Waals surface area contributed by atoms with E-state index >= 15 is 0 Å². The van der Waals surface area contributed by atoms with Crippen LogP contribution in [0.5, 0.6) is 0 Å². The van der Waals surface area contributed by atoms with Crippen molar-refractivity contribution in [3.05, 3.63) is 65.2 Å². The largest absolute Gasteiger partial charge is 0.382 e. The molecule has 0 radical (unpaired) electrons. The van der Waals surface area contributed by atoms with E-state index < -0.39 is 0 Å². The van der Waals surface area contributed by atoms with Crippen LogP contribution < -0.4 is 10.6 Å². The van der Waals surface area contributed by atoms with Crippen molar-refractivity contribution in [2.75, 3.05) is 12.4 Å². The molecular weight excluding hydrogens is 248 g/mol. The average Bonchev–Trinajstić information content (AvgIpc) is 2.88. The van der Waals surface area contributed by atoms with Crippen molar-refractivity contribution in [1.29, 1.82) is 0 Å². The smallest absolute Gasteiger partial charge is 0.251 e. The molecule has 0 aromatic heterocycles. The number of nitrogens with one attached hydrogen (secondary N) is 2. The number of amides is 1. The van der Waals surface area contributed by atoms with E-state index in [1.54, 1.807) is 7.05 Å². The minimum Gasteiger partial charge on any atom is -0.382 e. The zero-order valence-electron chi connectivity index (χ0n) is 11.5. The van der Waals surface area contributed by atoms with Crippen molar-refractivity contribution in [2.24, 2.45) is 0 Å².